The summed E-state index contributed by atoms with van der Waals surface area (Å²) in [4.78, 5) is 11.2. The minimum Gasteiger partial charge on any atom is -0.490 e. The number of carbonyl (C=O) groups excluding carboxylic acids is 1. The molecule has 0 aromatic heterocycles. The number of carbonyl (C=O) groups is 1. The van der Waals surface area contributed by atoms with E-state index in [-0.39, 0.29) is 29.2 Å². The van der Waals surface area contributed by atoms with Crippen molar-refractivity contribution in [1.82, 2.24) is 5.31 Å². The topological polar surface area (TPSA) is 47.6 Å². The number of benzene rings is 1. The lowest BCUT2D eigenvalue weighted by Gasteiger charge is -2.11. The number of amides is 1. The van der Waals surface area contributed by atoms with E-state index in [9.17, 15) is 4.79 Å². The number of hydrogen-bond acceptors (Lipinski definition) is 3. The fourth-order valence-electron chi connectivity index (χ4n) is 1.32. The zero-order valence-corrected chi connectivity index (χ0v) is 8.96. The van der Waals surface area contributed by atoms with Crippen LogP contribution in [0.4, 0.5) is 4.79 Å². The van der Waals surface area contributed by atoms with E-state index in [0.29, 0.717) is 11.1 Å². The molecule has 1 aliphatic heterocycles. The SMILES string of the molecule is [2H]c1c(C)c([2H])c(OCC2OC(=O)N([2H])C2([2H])[2H])c([2H])c1C. The zero-order valence-electron chi connectivity index (χ0n) is 15.0. The third-order valence-corrected chi connectivity index (χ3v) is 1.90. The fraction of sp³-hybridized carbons (Fsp3) is 0.417. The van der Waals surface area contributed by atoms with Gasteiger partial charge in [0.2, 0.25) is 0 Å². The minimum atomic E-state index is -2.36. The van der Waals surface area contributed by atoms with Gasteiger partial charge in [0.25, 0.3) is 0 Å². The highest BCUT2D eigenvalue weighted by Gasteiger charge is 2.22. The van der Waals surface area contributed by atoms with Gasteiger partial charge in [-0.3, -0.25) is 0 Å². The molecule has 1 aromatic carbocycles. The predicted octanol–water partition coefficient (Wildman–Crippen LogP) is 1.79. The van der Waals surface area contributed by atoms with Gasteiger partial charge in [-0.2, -0.15) is 0 Å². The lowest BCUT2D eigenvalue weighted by Crippen LogP contribution is -2.21. The van der Waals surface area contributed by atoms with Gasteiger partial charge < -0.3 is 14.8 Å². The van der Waals surface area contributed by atoms with Gasteiger partial charge in [-0.1, -0.05) is 6.04 Å². The van der Waals surface area contributed by atoms with Gasteiger partial charge in [0, 0.05) is 0 Å². The van der Waals surface area contributed by atoms with Crippen LogP contribution in [0, 0.1) is 13.8 Å². The molecule has 1 N–H and O–H groups in total. The molecule has 0 bridgehead atoms. The second-order valence-corrected chi connectivity index (χ2v) is 3.38. The third kappa shape index (κ3) is 2.66. The van der Waals surface area contributed by atoms with Crippen molar-refractivity contribution < 1.29 is 22.5 Å². The molecule has 1 heterocycles. The second kappa shape index (κ2) is 4.43. The van der Waals surface area contributed by atoms with Gasteiger partial charge in [-0.15, -0.1) is 0 Å². The van der Waals surface area contributed by atoms with E-state index in [2.05, 4.69) is 0 Å². The van der Waals surface area contributed by atoms with Crippen molar-refractivity contribution in [3.05, 3.63) is 29.3 Å². The molecule has 16 heavy (non-hydrogen) atoms. The highest BCUT2D eigenvalue weighted by atomic mass is 16.6. The molecule has 2 rings (SSSR count). The Bertz CT molecular complexity index is 607. The Balaban J connectivity index is 2.25. The first kappa shape index (κ1) is 5.57. The van der Waals surface area contributed by atoms with E-state index in [1.807, 2.05) is 0 Å². The van der Waals surface area contributed by atoms with Crippen molar-refractivity contribution in [2.24, 2.45) is 0 Å². The number of rotatable bonds is 3. The first-order chi connectivity index (χ1) is 10.1. The number of cyclic esters (lactones) is 1. The summed E-state index contributed by atoms with van der Waals surface area (Å²) < 4.78 is 56.2. The van der Waals surface area contributed by atoms with E-state index >= 15 is 0 Å². The van der Waals surface area contributed by atoms with Gasteiger partial charge >= 0.3 is 6.09 Å². The van der Waals surface area contributed by atoms with Crippen molar-refractivity contribution in [3.63, 3.8) is 0 Å². The highest BCUT2D eigenvalue weighted by molar-refractivity contribution is 5.69. The third-order valence-electron chi connectivity index (χ3n) is 1.90. The van der Waals surface area contributed by atoms with Crippen molar-refractivity contribution in [2.45, 2.75) is 20.0 Å². The summed E-state index contributed by atoms with van der Waals surface area (Å²) in [5, 5.41) is 0.0909. The van der Waals surface area contributed by atoms with Crippen LogP contribution in [0.25, 0.3) is 0 Å². The van der Waals surface area contributed by atoms with Crippen LogP contribution < -0.4 is 10.0 Å². The molecule has 1 saturated heterocycles. The molecule has 4 nitrogen and oxygen atoms in total. The van der Waals surface area contributed by atoms with Crippen molar-refractivity contribution in [3.8, 4) is 5.75 Å². The van der Waals surface area contributed by atoms with Crippen LogP contribution >= 0.6 is 0 Å². The van der Waals surface area contributed by atoms with E-state index in [0.717, 1.165) is 0 Å². The molecule has 0 spiro atoms. The average molecular weight is 227 g/mol. The molecule has 1 aromatic rings. The van der Waals surface area contributed by atoms with E-state index in [4.69, 9.17) is 17.7 Å². The smallest absolute Gasteiger partial charge is 0.407 e. The number of alkyl carbamates (subject to hydrolysis) is 1. The Labute approximate surface area is 103 Å². The first-order valence-corrected chi connectivity index (χ1v) is 4.78. The monoisotopic (exact) mass is 227 g/mol. The fourth-order valence-corrected chi connectivity index (χ4v) is 1.32. The maximum absolute atomic E-state index is 11.2. The van der Waals surface area contributed by atoms with Gasteiger partial charge in [-0.05, 0) is 37.1 Å². The summed E-state index contributed by atoms with van der Waals surface area (Å²) in [6.45, 7) is 0.331. The van der Waals surface area contributed by atoms with Crippen LogP contribution in [0.3, 0.4) is 0 Å². The van der Waals surface area contributed by atoms with Gasteiger partial charge in [0.05, 0.1) is 13.4 Å². The van der Waals surface area contributed by atoms with Crippen molar-refractivity contribution in [1.29, 1.82) is 0 Å². The van der Waals surface area contributed by atoms with Crippen molar-refractivity contribution in [2.75, 3.05) is 13.1 Å². The van der Waals surface area contributed by atoms with Gasteiger partial charge in [0.15, 0.2) is 7.52 Å². The van der Waals surface area contributed by atoms with Crippen LogP contribution in [0.2, 0.25) is 1.41 Å². The summed E-state index contributed by atoms with van der Waals surface area (Å²) >= 11 is 0. The molecule has 1 amide bonds. The molecular weight excluding hydrogens is 206 g/mol. The van der Waals surface area contributed by atoms with Crippen LogP contribution in [-0.2, 0) is 4.74 Å². The molecular formula is C12H15NO3. The van der Waals surface area contributed by atoms with E-state index < -0.39 is 25.3 Å². The van der Waals surface area contributed by atoms with Crippen LogP contribution in [0.5, 0.6) is 5.75 Å². The highest BCUT2D eigenvalue weighted by Crippen LogP contribution is 2.16. The molecule has 1 aliphatic rings. The average Bonchev–Trinajstić information content (AvgIpc) is 2.66. The maximum atomic E-state index is 11.2. The van der Waals surface area contributed by atoms with E-state index in [1.54, 1.807) is 13.8 Å². The maximum Gasteiger partial charge on any atom is 0.407 e. The largest absolute Gasteiger partial charge is 0.490 e. The zero-order chi connectivity index (χ0) is 16.8. The minimum absolute atomic E-state index is 0.0855. The van der Waals surface area contributed by atoms with Gasteiger partial charge in [0.1, 0.15) is 12.4 Å². The van der Waals surface area contributed by atoms with Gasteiger partial charge in [-0.25, -0.2) is 4.79 Å². The molecule has 86 valence electrons. The molecule has 1 unspecified atom stereocenters. The lowest BCUT2D eigenvalue weighted by atomic mass is 10.1. The first-order valence-electron chi connectivity index (χ1n) is 7.73. The van der Waals surface area contributed by atoms with Crippen molar-refractivity contribution >= 4 is 6.09 Å². The number of ether oxygens (including phenoxy) is 2. The predicted molar refractivity (Wildman–Crippen MR) is 59.7 cm³/mol. The molecule has 0 radical (unpaired) electrons. The number of hydrogen-bond donors (Lipinski definition) is 1. The summed E-state index contributed by atoms with van der Waals surface area (Å²) in [6, 6.07) is -0.177. The van der Waals surface area contributed by atoms with Crippen LogP contribution in [0.15, 0.2) is 18.1 Å². The number of nitrogens with one attached hydrogen (secondary N) is 1. The van der Waals surface area contributed by atoms with E-state index in [1.165, 1.54) is 0 Å². The summed E-state index contributed by atoms with van der Waals surface area (Å²) in [6.07, 6.45) is -2.46. The molecule has 4 heteroatoms. The Morgan fingerprint density at radius 2 is 2.31 bits per heavy atom. The summed E-state index contributed by atoms with van der Waals surface area (Å²) in [5.41, 5.74) is 0.689. The summed E-state index contributed by atoms with van der Waals surface area (Å²) in [5.74, 6) is -0.0960. The summed E-state index contributed by atoms with van der Waals surface area (Å²) in [7, 11) is 0. The van der Waals surface area contributed by atoms with Crippen LogP contribution in [0.1, 0.15) is 18.0 Å². The second-order valence-electron chi connectivity index (χ2n) is 3.38. The normalized spacial score (nSPS) is 28.2. The van der Waals surface area contributed by atoms with Crippen LogP contribution in [-0.4, -0.2) is 25.3 Å². The Hall–Kier alpha value is -1.71. The molecule has 1 atom stereocenters. The Morgan fingerprint density at radius 1 is 1.62 bits per heavy atom. The Kier molecular flexibility index (Phi) is 1.54. The Morgan fingerprint density at radius 3 is 2.88 bits per heavy atom. The molecule has 1 fully saturated rings. The molecule has 0 aliphatic carbocycles. The lowest BCUT2D eigenvalue weighted by molar-refractivity contribution is 0.105. The quantitative estimate of drug-likeness (QED) is 0.856. The molecule has 0 saturated carbocycles. The standard InChI is InChI=1S/C12H15NO3/c1-8-3-9(2)5-10(4-8)15-7-11-6-13-12(14)16-11/h3-5,11H,6-7H2,1-2H3,(H,13,14)/i3D,4D,5D,6D2/hD.